The molecular formula is C74H124N4O54. The molecule has 0 bridgehead atoms. The first-order chi connectivity index (χ1) is 62.4. The van der Waals surface area contributed by atoms with E-state index in [1.165, 1.54) is 13.8 Å². The van der Waals surface area contributed by atoms with Gasteiger partial charge in [-0.15, -0.1) is 0 Å². The molecule has 0 unspecified atom stereocenters. The number of aliphatic hydroxyl groups excluding tert-OH is 29. The first-order valence-electron chi connectivity index (χ1n) is 42.4. The summed E-state index contributed by atoms with van der Waals surface area (Å²) in [6, 6.07) is -7.97. The SMILES string of the molecule is CC(=O)N[C@@H]1[C@@H](O[C@@H]2O[C@@H](C)[C@@H](O)[C@@H](O)[C@@H]2O)[C@H](O[C@@H]2O[C@H](CO)[C@@H](O[C@@H]3O[C@H](CO[C@H]4O[C@H](CO)[C@@H](O)[C@H](O)[C@@H]4O[C@@H]4O[C@H](CO)[C@@H](O[C@@H]5O[C@H](CO)[C@H](O)[C@H](O)[C@H]5O)[C@H](O)[C@H]4NC(C)=O)[C@@H](O)[C@H](O[C@H]4O[C@H](CO)[C@@H](O)[C@H](O)[C@@H]4O[C@@H]4O[C@H](CO)[C@@H](O[C@@H]5O[C@H](CO)[C@H](O)[C@H](O)[C@H]5O)[C@H](O)[C@H]4NC(C)=O)[C@@H]3O)[C@H](O)[C@H]2NC(C)=O)[C@@H](CO[C@@H]2O[C@@H](C)[C@@H](O)[C@@H](O)[C@@H]2O)O[C@H]1O. The number of nitrogens with one attached hydrogen (secondary N) is 4. The number of rotatable bonds is 33. The molecule has 11 fully saturated rings. The van der Waals surface area contributed by atoms with Gasteiger partial charge in [-0.1, -0.05) is 0 Å². The second kappa shape index (κ2) is 47.0. The van der Waals surface area contributed by atoms with E-state index in [1.54, 1.807) is 0 Å². The largest absolute Gasteiger partial charge is 0.394 e. The highest BCUT2D eigenvalue weighted by Gasteiger charge is 2.63. The lowest BCUT2D eigenvalue weighted by Crippen LogP contribution is -2.71. The Morgan fingerprint density at radius 3 is 0.864 bits per heavy atom. The molecule has 11 aliphatic rings. The van der Waals surface area contributed by atoms with Crippen LogP contribution in [0.2, 0.25) is 0 Å². The fourth-order valence-electron chi connectivity index (χ4n) is 17.2. The van der Waals surface area contributed by atoms with Crippen molar-refractivity contribution < 1.29 is 267 Å². The molecule has 58 heteroatoms. The standard InChI is InChI=1S/C74H124N4O54/c1-16-35(90)45(100)51(106)68(114-16)112-15-30-59(60(34(64(111)116-30)78-21(6)89)129-69-52(107)46(101)36(91)17(2)115-69)128-65-31(75-18(3)86)42(97)58(28(13-85)121-65)127-72-55(110)61(130-74-63(50(105)40(95)25(10-82)120-74)132-67-33(77-20(5)88)44(99)57(27(12-84)123-67)126-71-54(109)48(103)38(93)23(8-80)118-71)41(96)29(124-72)14-113-73-62(49(104)39(94)24(9-81)119-73)131-66-32(76-19(4)87)43(98)56(26(11-83)122-66)125-70-53(108)47(102)37(92)22(7-79)117-70/h16-17,22-74,79-85,90-111H,7-15H2,1-6H3,(H,75,86)(H,76,87)(H,77,88)(H,78,89)/t16-,17-,22+,23+,24+,25+,26+,27+,28+,29+,30+,31+,32+,33+,34+,35+,36+,37-,38-,39+,40+,41+,42+,43+,44+,45+,46+,47-,48-,49-,50-,51-,52-,53+,54+,55-,56+,57+,58+,59+,60+,61-,62-,63-,64+,65-,66-,67-,68+,69-,70-,71-,72-,73-,74+/m0/s1. The first kappa shape index (κ1) is 108. The van der Waals surface area contributed by atoms with E-state index in [1.807, 2.05) is 0 Å². The minimum atomic E-state index is -2.68. The van der Waals surface area contributed by atoms with Gasteiger partial charge in [-0.2, -0.15) is 0 Å². The van der Waals surface area contributed by atoms with Crippen molar-refractivity contribution in [3.63, 3.8) is 0 Å². The Hall–Kier alpha value is -4.12. The van der Waals surface area contributed by atoms with Gasteiger partial charge in [-0.3, -0.25) is 19.2 Å². The summed E-state index contributed by atoms with van der Waals surface area (Å²) in [6.07, 6.45) is -107. The predicted molar refractivity (Wildman–Crippen MR) is 406 cm³/mol. The van der Waals surface area contributed by atoms with Crippen molar-refractivity contribution in [1.29, 1.82) is 0 Å². The Bertz CT molecular complexity index is 3610. The van der Waals surface area contributed by atoms with Gasteiger partial charge in [0.15, 0.2) is 69.2 Å². The Morgan fingerprint density at radius 2 is 0.477 bits per heavy atom. The normalized spacial score (nSPS) is 50.4. The molecule has 0 saturated carbocycles. The number of carbonyl (C=O) groups excluding carboxylic acids is 4. The van der Waals surface area contributed by atoms with Gasteiger partial charge in [0.05, 0.1) is 71.7 Å². The topological polar surface area (TPSA) is 897 Å². The summed E-state index contributed by atoms with van der Waals surface area (Å²) in [5.74, 6) is -3.93. The van der Waals surface area contributed by atoms with E-state index < -0.39 is 421 Å². The monoisotopic (exact) mass is 1930 g/mol. The van der Waals surface area contributed by atoms with Gasteiger partial charge in [0.1, 0.15) is 256 Å². The number of hydrogen-bond donors (Lipinski definition) is 33. The Kier molecular flexibility index (Phi) is 38.5. The molecule has 11 heterocycles. The maximum atomic E-state index is 13.6. The average Bonchev–Trinajstić information content (AvgIpc) is 0.762. The maximum Gasteiger partial charge on any atom is 0.217 e. The van der Waals surface area contributed by atoms with Gasteiger partial charge in [0.25, 0.3) is 0 Å². The van der Waals surface area contributed by atoms with Crippen LogP contribution in [-0.4, -0.2) is 569 Å². The quantitative estimate of drug-likeness (QED) is 0.0290. The zero-order valence-corrected chi connectivity index (χ0v) is 71.3. The van der Waals surface area contributed by atoms with Crippen LogP contribution in [0.25, 0.3) is 0 Å². The Morgan fingerprint density at radius 1 is 0.212 bits per heavy atom. The zero-order chi connectivity index (χ0) is 97.1. The summed E-state index contributed by atoms with van der Waals surface area (Å²) in [6.45, 7) is -4.02. The van der Waals surface area contributed by atoms with E-state index >= 15 is 0 Å². The summed E-state index contributed by atoms with van der Waals surface area (Å²) in [5.41, 5.74) is 0. The third-order valence-electron chi connectivity index (χ3n) is 24.5. The zero-order valence-electron chi connectivity index (χ0n) is 71.3. The van der Waals surface area contributed by atoms with Gasteiger partial charge < -0.3 is 269 Å². The highest BCUT2D eigenvalue weighted by Crippen LogP contribution is 2.42. The van der Waals surface area contributed by atoms with Crippen LogP contribution in [-0.2, 0) is 119 Å². The van der Waals surface area contributed by atoms with Crippen molar-refractivity contribution in [2.45, 2.75) is 379 Å². The number of aliphatic hydroxyl groups is 29. The molecule has 33 N–H and O–H groups in total. The van der Waals surface area contributed by atoms with E-state index in [9.17, 15) is 167 Å². The van der Waals surface area contributed by atoms with Crippen LogP contribution in [0.15, 0.2) is 0 Å². The van der Waals surface area contributed by atoms with Gasteiger partial charge in [0.2, 0.25) is 23.6 Å². The van der Waals surface area contributed by atoms with Crippen LogP contribution in [0.5, 0.6) is 0 Å². The molecule has 132 heavy (non-hydrogen) atoms. The average molecular weight is 1930 g/mol. The molecule has 4 amide bonds. The molecule has 11 aliphatic heterocycles. The molecule has 0 aromatic heterocycles. The van der Waals surface area contributed by atoms with E-state index in [4.69, 9.17) is 99.5 Å². The van der Waals surface area contributed by atoms with Crippen LogP contribution >= 0.6 is 0 Å². The van der Waals surface area contributed by atoms with Crippen molar-refractivity contribution in [3.05, 3.63) is 0 Å². The lowest BCUT2D eigenvalue weighted by atomic mass is 9.93. The van der Waals surface area contributed by atoms with Crippen molar-refractivity contribution >= 4 is 23.6 Å². The number of ether oxygens (including phenoxy) is 21. The molecule has 0 aromatic rings. The number of hydrogen-bond acceptors (Lipinski definition) is 54. The third-order valence-corrected chi connectivity index (χ3v) is 24.5. The van der Waals surface area contributed by atoms with E-state index in [2.05, 4.69) is 21.3 Å². The molecule has 11 rings (SSSR count). The molecule has 0 aliphatic carbocycles. The molecule has 58 nitrogen and oxygen atoms in total. The van der Waals surface area contributed by atoms with E-state index in [0.717, 1.165) is 27.7 Å². The fourth-order valence-corrected chi connectivity index (χ4v) is 17.2. The van der Waals surface area contributed by atoms with E-state index in [0.29, 0.717) is 0 Å². The molecule has 11 saturated heterocycles. The minimum Gasteiger partial charge on any atom is -0.394 e. The summed E-state index contributed by atoms with van der Waals surface area (Å²) in [4.78, 5) is 52.7. The second-order valence-corrected chi connectivity index (χ2v) is 33.8. The summed E-state index contributed by atoms with van der Waals surface area (Å²) in [7, 11) is 0. The maximum absolute atomic E-state index is 13.6. The van der Waals surface area contributed by atoms with Crippen LogP contribution in [0.4, 0.5) is 0 Å². The van der Waals surface area contributed by atoms with Crippen LogP contribution < -0.4 is 21.3 Å². The second-order valence-electron chi connectivity index (χ2n) is 33.8. The number of carbonyl (C=O) groups is 4. The van der Waals surface area contributed by atoms with Crippen LogP contribution in [0.1, 0.15) is 41.5 Å². The van der Waals surface area contributed by atoms with Gasteiger partial charge >= 0.3 is 0 Å². The smallest absolute Gasteiger partial charge is 0.217 e. The third kappa shape index (κ3) is 23.7. The molecule has 0 aromatic carbocycles. The van der Waals surface area contributed by atoms with Gasteiger partial charge in [-0.05, 0) is 13.8 Å². The van der Waals surface area contributed by atoms with Crippen molar-refractivity contribution in [1.82, 2.24) is 21.3 Å². The Labute approximate surface area is 748 Å². The lowest BCUT2D eigenvalue weighted by molar-refractivity contribution is -0.400. The summed E-state index contributed by atoms with van der Waals surface area (Å²) in [5, 5.41) is 335. The molecular weight excluding hydrogens is 1810 g/mol. The van der Waals surface area contributed by atoms with Gasteiger partial charge in [0, 0.05) is 27.7 Å². The van der Waals surface area contributed by atoms with Gasteiger partial charge in [-0.25, -0.2) is 0 Å². The molecule has 0 spiro atoms. The molecule has 0 radical (unpaired) electrons. The van der Waals surface area contributed by atoms with Crippen LogP contribution in [0.3, 0.4) is 0 Å². The molecule has 764 valence electrons. The van der Waals surface area contributed by atoms with Crippen molar-refractivity contribution in [2.24, 2.45) is 0 Å². The first-order valence-corrected chi connectivity index (χ1v) is 42.4. The van der Waals surface area contributed by atoms with Crippen molar-refractivity contribution in [2.75, 3.05) is 59.5 Å². The van der Waals surface area contributed by atoms with Crippen molar-refractivity contribution in [3.8, 4) is 0 Å². The summed E-state index contributed by atoms with van der Waals surface area (Å²) >= 11 is 0. The summed E-state index contributed by atoms with van der Waals surface area (Å²) < 4.78 is 126. The Balaban J connectivity index is 0.947. The lowest BCUT2D eigenvalue weighted by Gasteiger charge is -2.52. The highest BCUT2D eigenvalue weighted by molar-refractivity contribution is 5.74. The van der Waals surface area contributed by atoms with Crippen LogP contribution in [0, 0.1) is 0 Å². The molecule has 55 atom stereocenters. The predicted octanol–water partition coefficient (Wildman–Crippen LogP) is -22.3. The highest BCUT2D eigenvalue weighted by atomic mass is 16.8. The minimum absolute atomic E-state index is 0.891. The fraction of sp³-hybridized carbons (Fsp3) is 0.946. The number of amides is 4. The van der Waals surface area contributed by atoms with E-state index in [-0.39, 0.29) is 0 Å².